The highest BCUT2D eigenvalue weighted by Crippen LogP contribution is 2.35. The number of aliphatic hydroxyl groups excluding tert-OH is 1. The molecular weight excluding hydrogens is 406 g/mol. The van der Waals surface area contributed by atoms with Crippen LogP contribution < -0.4 is 25.1 Å². The van der Waals surface area contributed by atoms with E-state index in [1.54, 1.807) is 24.1 Å². The molecule has 0 amide bonds. The van der Waals surface area contributed by atoms with Gasteiger partial charge in [-0.2, -0.15) is 0 Å². The number of benzene rings is 2. The molecule has 0 fully saturated rings. The van der Waals surface area contributed by atoms with Crippen LogP contribution in [0.25, 0.3) is 10.9 Å². The lowest BCUT2D eigenvalue weighted by Crippen LogP contribution is -2.37. The first-order chi connectivity index (χ1) is 14.6. The number of aliphatic hydroxyl groups is 1. The van der Waals surface area contributed by atoms with Crippen molar-refractivity contribution in [3.63, 3.8) is 0 Å². The van der Waals surface area contributed by atoms with E-state index in [9.17, 15) is 9.90 Å². The molecule has 0 radical (unpaired) electrons. The van der Waals surface area contributed by atoms with Crippen LogP contribution in [-0.4, -0.2) is 47.2 Å². The lowest BCUT2D eigenvalue weighted by atomic mass is 10.1. The molecule has 0 spiro atoms. The van der Waals surface area contributed by atoms with Gasteiger partial charge in [0, 0.05) is 29.2 Å². The number of hydrogen-bond acceptors (Lipinski definition) is 6. The van der Waals surface area contributed by atoms with Crippen LogP contribution >= 0.6 is 12.2 Å². The van der Waals surface area contributed by atoms with Gasteiger partial charge in [-0.1, -0.05) is 0 Å². The SMILES string of the molecule is COc1ccc(NC(=S)N(CCO)Cc2cc3cc4c(cc3[nH]c2=O)OCO4)cc1. The van der Waals surface area contributed by atoms with Crippen LogP contribution in [0.3, 0.4) is 0 Å². The molecule has 2 aromatic carbocycles. The van der Waals surface area contributed by atoms with Crippen LogP contribution in [0.2, 0.25) is 0 Å². The third kappa shape index (κ3) is 4.17. The van der Waals surface area contributed by atoms with Crippen LogP contribution in [0.4, 0.5) is 5.69 Å². The average molecular weight is 427 g/mol. The van der Waals surface area contributed by atoms with E-state index in [4.69, 9.17) is 26.4 Å². The molecule has 156 valence electrons. The molecule has 0 bridgehead atoms. The summed E-state index contributed by atoms with van der Waals surface area (Å²) in [5.41, 5.74) is 1.75. The Bertz CT molecular complexity index is 1130. The molecule has 0 unspecified atom stereocenters. The number of rotatable bonds is 6. The molecule has 9 heteroatoms. The summed E-state index contributed by atoms with van der Waals surface area (Å²) < 4.78 is 15.9. The normalized spacial score (nSPS) is 12.1. The van der Waals surface area contributed by atoms with Gasteiger partial charge in [-0.15, -0.1) is 0 Å². The number of aromatic nitrogens is 1. The minimum atomic E-state index is -0.225. The van der Waals surface area contributed by atoms with Crippen LogP contribution in [0.1, 0.15) is 5.56 Å². The number of pyridine rings is 1. The quantitative estimate of drug-likeness (QED) is 0.517. The van der Waals surface area contributed by atoms with Crippen LogP contribution in [0, 0.1) is 0 Å². The smallest absolute Gasteiger partial charge is 0.253 e. The second kappa shape index (κ2) is 8.60. The monoisotopic (exact) mass is 427 g/mol. The molecule has 3 aromatic rings. The predicted molar refractivity (Wildman–Crippen MR) is 117 cm³/mol. The van der Waals surface area contributed by atoms with Gasteiger partial charge in [-0.25, -0.2) is 0 Å². The van der Waals surface area contributed by atoms with Gasteiger partial charge in [0.05, 0.1) is 25.8 Å². The number of anilines is 1. The molecule has 1 aliphatic heterocycles. The number of ether oxygens (including phenoxy) is 3. The first-order valence-electron chi connectivity index (χ1n) is 9.34. The second-order valence-electron chi connectivity index (χ2n) is 6.72. The molecular formula is C21H21N3O5S. The standard InChI is InChI=1S/C21H21N3O5S/c1-27-16-4-2-15(3-5-16)22-21(30)24(6-7-25)11-14-8-13-9-18-19(29-12-28-18)10-17(13)23-20(14)26/h2-5,8-10,25H,6-7,11-12H2,1H3,(H,22,30)(H,23,26). The largest absolute Gasteiger partial charge is 0.497 e. The van der Waals surface area contributed by atoms with E-state index in [2.05, 4.69) is 10.3 Å². The molecule has 3 N–H and O–H groups in total. The number of hydrogen-bond donors (Lipinski definition) is 3. The lowest BCUT2D eigenvalue weighted by molar-refractivity contribution is 0.174. The van der Waals surface area contributed by atoms with Gasteiger partial charge in [0.2, 0.25) is 6.79 Å². The van der Waals surface area contributed by atoms with E-state index in [-0.39, 0.29) is 32.0 Å². The lowest BCUT2D eigenvalue weighted by Gasteiger charge is -2.25. The maximum atomic E-state index is 12.6. The van der Waals surface area contributed by atoms with Crippen molar-refractivity contribution in [2.75, 3.05) is 32.4 Å². The summed E-state index contributed by atoms with van der Waals surface area (Å²) in [4.78, 5) is 17.2. The van der Waals surface area contributed by atoms with Crippen molar-refractivity contribution < 1.29 is 19.3 Å². The van der Waals surface area contributed by atoms with E-state index >= 15 is 0 Å². The summed E-state index contributed by atoms with van der Waals surface area (Å²) in [6.07, 6.45) is 0. The number of aromatic amines is 1. The Balaban J connectivity index is 1.56. The fraction of sp³-hybridized carbons (Fsp3) is 0.238. The Morgan fingerprint density at radius 2 is 1.97 bits per heavy atom. The molecule has 30 heavy (non-hydrogen) atoms. The van der Waals surface area contributed by atoms with Crippen LogP contribution in [0.15, 0.2) is 47.3 Å². The third-order valence-corrected chi connectivity index (χ3v) is 5.13. The minimum Gasteiger partial charge on any atom is -0.497 e. The van der Waals surface area contributed by atoms with Gasteiger partial charge in [-0.3, -0.25) is 4.79 Å². The first kappa shape index (κ1) is 20.0. The number of thiocarbonyl (C=S) groups is 1. The zero-order chi connectivity index (χ0) is 21.1. The van der Waals surface area contributed by atoms with Crippen LogP contribution in [-0.2, 0) is 6.54 Å². The topological polar surface area (TPSA) is 96.1 Å². The maximum absolute atomic E-state index is 12.6. The van der Waals surface area contributed by atoms with Crippen molar-refractivity contribution in [2.24, 2.45) is 0 Å². The maximum Gasteiger partial charge on any atom is 0.253 e. The van der Waals surface area contributed by atoms with Gasteiger partial charge in [0.1, 0.15) is 5.75 Å². The molecule has 0 saturated heterocycles. The predicted octanol–water partition coefficient (Wildman–Crippen LogP) is 2.46. The second-order valence-corrected chi connectivity index (χ2v) is 7.11. The summed E-state index contributed by atoms with van der Waals surface area (Å²) in [6.45, 7) is 0.579. The zero-order valence-electron chi connectivity index (χ0n) is 16.3. The van der Waals surface area contributed by atoms with E-state index in [1.807, 2.05) is 30.3 Å². The highest BCUT2D eigenvalue weighted by Gasteiger charge is 2.17. The van der Waals surface area contributed by atoms with Gasteiger partial charge < -0.3 is 34.5 Å². The van der Waals surface area contributed by atoms with E-state index in [0.29, 0.717) is 27.7 Å². The van der Waals surface area contributed by atoms with Gasteiger partial charge in [0.25, 0.3) is 5.56 Å². The Labute approximate surface area is 178 Å². The molecule has 0 saturated carbocycles. The highest BCUT2D eigenvalue weighted by molar-refractivity contribution is 7.80. The number of nitrogens with one attached hydrogen (secondary N) is 2. The molecule has 0 aliphatic carbocycles. The number of H-pyrrole nitrogens is 1. The summed E-state index contributed by atoms with van der Waals surface area (Å²) >= 11 is 5.51. The van der Waals surface area contributed by atoms with Crippen molar-refractivity contribution in [1.82, 2.24) is 9.88 Å². The van der Waals surface area contributed by atoms with E-state index < -0.39 is 0 Å². The summed E-state index contributed by atoms with van der Waals surface area (Å²) in [6, 6.07) is 12.7. The van der Waals surface area contributed by atoms with Gasteiger partial charge >= 0.3 is 0 Å². The number of methoxy groups -OCH3 is 1. The van der Waals surface area contributed by atoms with Crippen molar-refractivity contribution >= 4 is 33.9 Å². The first-order valence-corrected chi connectivity index (χ1v) is 9.74. The highest BCUT2D eigenvalue weighted by atomic mass is 32.1. The van der Waals surface area contributed by atoms with Crippen molar-refractivity contribution in [2.45, 2.75) is 6.54 Å². The summed E-state index contributed by atoms with van der Waals surface area (Å²) in [5, 5.41) is 13.8. The Morgan fingerprint density at radius 1 is 1.23 bits per heavy atom. The van der Waals surface area contributed by atoms with Crippen molar-refractivity contribution in [3.05, 3.63) is 58.4 Å². The fourth-order valence-corrected chi connectivity index (χ4v) is 3.49. The molecule has 1 aliphatic rings. The molecule has 2 heterocycles. The fourth-order valence-electron chi connectivity index (χ4n) is 3.21. The molecule has 4 rings (SSSR count). The Hall–Kier alpha value is -3.30. The summed E-state index contributed by atoms with van der Waals surface area (Å²) in [7, 11) is 1.60. The summed E-state index contributed by atoms with van der Waals surface area (Å²) in [5.74, 6) is 1.99. The van der Waals surface area contributed by atoms with Gasteiger partial charge in [0.15, 0.2) is 16.6 Å². The van der Waals surface area contributed by atoms with E-state index in [0.717, 1.165) is 16.8 Å². The van der Waals surface area contributed by atoms with Crippen molar-refractivity contribution in [1.29, 1.82) is 0 Å². The average Bonchev–Trinajstić information content (AvgIpc) is 3.20. The minimum absolute atomic E-state index is 0.103. The molecule has 8 nitrogen and oxygen atoms in total. The van der Waals surface area contributed by atoms with Crippen molar-refractivity contribution in [3.8, 4) is 17.2 Å². The van der Waals surface area contributed by atoms with Crippen LogP contribution in [0.5, 0.6) is 17.2 Å². The van der Waals surface area contributed by atoms with E-state index in [1.165, 1.54) is 0 Å². The Kier molecular flexibility index (Phi) is 5.73. The number of nitrogens with zero attached hydrogens (tertiary/aromatic N) is 1. The zero-order valence-corrected chi connectivity index (χ0v) is 17.1. The number of fused-ring (bicyclic) bond motifs is 2. The molecule has 1 aromatic heterocycles. The van der Waals surface area contributed by atoms with Gasteiger partial charge in [-0.05, 0) is 48.6 Å². The third-order valence-electron chi connectivity index (χ3n) is 4.77. The Morgan fingerprint density at radius 3 is 2.67 bits per heavy atom. The molecule has 0 atom stereocenters.